The Morgan fingerprint density at radius 1 is 1.00 bits per heavy atom. The number of nitrogens with zero attached hydrogens (tertiary/aromatic N) is 2. The van der Waals surface area contributed by atoms with Crippen molar-refractivity contribution in [1.82, 2.24) is 0 Å². The van der Waals surface area contributed by atoms with E-state index in [9.17, 15) is 20.5 Å². The van der Waals surface area contributed by atoms with Crippen molar-refractivity contribution in [3.8, 4) is 0 Å². The number of ether oxygens (including phenoxy) is 2. The van der Waals surface area contributed by atoms with Gasteiger partial charge in [0, 0.05) is 12.0 Å². The van der Waals surface area contributed by atoms with Crippen molar-refractivity contribution in [2.24, 2.45) is 34.5 Å². The topological polar surface area (TPSA) is 112 Å². The summed E-state index contributed by atoms with van der Waals surface area (Å²) >= 11 is 0. The summed E-state index contributed by atoms with van der Waals surface area (Å²) in [6.07, 6.45) is 8.97. The first-order valence-corrected chi connectivity index (χ1v) is 13.6. The summed E-state index contributed by atoms with van der Waals surface area (Å²) in [5.41, 5.74) is 7.02. The van der Waals surface area contributed by atoms with E-state index in [1.807, 2.05) is 6.92 Å². The van der Waals surface area contributed by atoms with Gasteiger partial charge in [0.15, 0.2) is 5.60 Å². The van der Waals surface area contributed by atoms with Gasteiger partial charge in [0.25, 0.3) is 0 Å². The van der Waals surface area contributed by atoms with Gasteiger partial charge < -0.3 is 25.2 Å². The summed E-state index contributed by atoms with van der Waals surface area (Å²) < 4.78 is 10.8. The molecule has 0 aromatic heterocycles. The third-order valence-electron chi connectivity index (χ3n) is 10.9. The quantitative estimate of drug-likeness (QED) is 0.248. The molecule has 2 N–H and O–H groups in total. The van der Waals surface area contributed by atoms with Crippen LogP contribution < -0.4 is 0 Å². The molecule has 0 amide bonds. The first-order chi connectivity index (χ1) is 16.1. The highest BCUT2D eigenvalue weighted by atomic mass is 16.5. The fraction of sp³-hybridized carbons (Fsp3) is 0.926. The van der Waals surface area contributed by atoms with E-state index in [-0.39, 0.29) is 23.7 Å². The number of hydrogen-bond acceptors (Lipinski definition) is 5. The number of esters is 1. The molecule has 192 valence electrons. The summed E-state index contributed by atoms with van der Waals surface area (Å²) in [6, 6.07) is 0. The lowest BCUT2D eigenvalue weighted by atomic mass is 9.42. The van der Waals surface area contributed by atoms with Crippen LogP contribution in [0.3, 0.4) is 0 Å². The van der Waals surface area contributed by atoms with Crippen molar-refractivity contribution in [2.75, 3.05) is 19.8 Å². The van der Waals surface area contributed by atoms with E-state index >= 15 is 0 Å². The fourth-order valence-corrected chi connectivity index (χ4v) is 9.16. The Balaban J connectivity index is 1.60. The van der Waals surface area contributed by atoms with Gasteiger partial charge in [0.1, 0.15) is 0 Å². The summed E-state index contributed by atoms with van der Waals surface area (Å²) in [5.74, 6) is 1.09. The molecular formula is C27H44N2O5. The molecule has 4 aliphatic carbocycles. The predicted molar refractivity (Wildman–Crippen MR) is 128 cm³/mol. The molecule has 7 heteroatoms. The number of aliphatic hydroxyl groups is 2. The number of carbonyl (C=O) groups is 1. The van der Waals surface area contributed by atoms with Crippen molar-refractivity contribution in [1.29, 1.82) is 0 Å². The van der Waals surface area contributed by atoms with Gasteiger partial charge in [0.05, 0.1) is 18.8 Å². The summed E-state index contributed by atoms with van der Waals surface area (Å²) in [5, 5.41) is 23.1. The Bertz CT molecular complexity index is 843. The minimum absolute atomic E-state index is 0.175. The monoisotopic (exact) mass is 476 g/mol. The highest BCUT2D eigenvalue weighted by Gasteiger charge is 2.70. The first-order valence-electron chi connectivity index (χ1n) is 13.6. The normalized spacial score (nSPS) is 45.5. The summed E-state index contributed by atoms with van der Waals surface area (Å²) in [6.45, 7) is 9.34. The standard InChI is InChI=1S/C27H44N2O5/c1-5-26-15-14-25(31,17-33-6-2)16-18(26)8-9-19-20-11-13-27(32,22(29-28)23(30)34-7-3)24(20,4)12-10-21(19)26/h18-21,31-32H,5-17H2,1-4H3/t18-,19+,20+,21+,24+,25-,26+,27?/m1/s1. The molecular weight excluding hydrogens is 432 g/mol. The minimum Gasteiger partial charge on any atom is -0.457 e. The SMILES string of the molecule is CCOC[C@@]1(O)CC[C@@]2(CC)[C@H](CC[C@@H]3[C@@H]2CC[C@@]2(C)[C@H]3CCC2(O)C(=[N+]=[N-])C(=O)OCC)C1. The molecule has 0 saturated heterocycles. The molecule has 0 spiro atoms. The van der Waals surface area contributed by atoms with E-state index in [1.165, 1.54) is 0 Å². The maximum absolute atomic E-state index is 12.6. The van der Waals surface area contributed by atoms with Crippen molar-refractivity contribution in [3.63, 3.8) is 0 Å². The molecule has 0 aromatic carbocycles. The summed E-state index contributed by atoms with van der Waals surface area (Å²) in [4.78, 5) is 15.9. The molecule has 34 heavy (non-hydrogen) atoms. The molecule has 0 heterocycles. The zero-order valence-corrected chi connectivity index (χ0v) is 21.5. The Morgan fingerprint density at radius 3 is 2.38 bits per heavy atom. The molecule has 0 radical (unpaired) electrons. The Morgan fingerprint density at radius 2 is 1.74 bits per heavy atom. The number of rotatable bonds is 7. The molecule has 4 fully saturated rings. The second-order valence-corrected chi connectivity index (χ2v) is 11.8. The van der Waals surface area contributed by atoms with Gasteiger partial charge in [-0.25, -0.2) is 4.79 Å². The van der Waals surface area contributed by atoms with Crippen LogP contribution in [0.15, 0.2) is 0 Å². The lowest BCUT2D eigenvalue weighted by Crippen LogP contribution is -2.61. The van der Waals surface area contributed by atoms with E-state index in [1.54, 1.807) is 6.92 Å². The third kappa shape index (κ3) is 3.70. The smallest absolute Gasteiger partial charge is 0.420 e. The second-order valence-electron chi connectivity index (χ2n) is 11.8. The minimum atomic E-state index is -1.47. The molecule has 7 nitrogen and oxygen atoms in total. The number of hydrogen-bond donors (Lipinski definition) is 2. The molecule has 4 saturated carbocycles. The molecule has 4 aliphatic rings. The van der Waals surface area contributed by atoms with E-state index in [0.717, 1.165) is 57.8 Å². The average Bonchev–Trinajstić information content (AvgIpc) is 3.09. The van der Waals surface area contributed by atoms with Gasteiger partial charge >= 0.3 is 11.7 Å². The van der Waals surface area contributed by atoms with E-state index in [2.05, 4.69) is 18.6 Å². The van der Waals surface area contributed by atoms with Gasteiger partial charge in [-0.2, -0.15) is 4.79 Å². The van der Waals surface area contributed by atoms with Crippen molar-refractivity contribution in [3.05, 3.63) is 5.53 Å². The average molecular weight is 477 g/mol. The maximum Gasteiger partial charge on any atom is 0.420 e. The van der Waals surface area contributed by atoms with Crippen LogP contribution in [0.4, 0.5) is 0 Å². The van der Waals surface area contributed by atoms with Crippen LogP contribution in [0.1, 0.15) is 91.9 Å². The van der Waals surface area contributed by atoms with Gasteiger partial charge in [0.2, 0.25) is 0 Å². The largest absolute Gasteiger partial charge is 0.457 e. The lowest BCUT2D eigenvalue weighted by Gasteiger charge is -2.63. The van der Waals surface area contributed by atoms with Crippen LogP contribution in [0.2, 0.25) is 0 Å². The van der Waals surface area contributed by atoms with Gasteiger partial charge in [-0.15, -0.1) is 0 Å². The van der Waals surface area contributed by atoms with Crippen LogP contribution in [0.25, 0.3) is 5.53 Å². The van der Waals surface area contributed by atoms with Crippen LogP contribution in [-0.4, -0.2) is 57.7 Å². The Labute approximate surface area is 204 Å². The van der Waals surface area contributed by atoms with Crippen LogP contribution in [-0.2, 0) is 14.3 Å². The molecule has 8 atom stereocenters. The van der Waals surface area contributed by atoms with Gasteiger partial charge in [-0.1, -0.05) is 13.8 Å². The molecule has 0 bridgehead atoms. The zero-order chi connectivity index (χ0) is 24.8. The van der Waals surface area contributed by atoms with E-state index in [0.29, 0.717) is 37.4 Å². The predicted octanol–water partition coefficient (Wildman–Crippen LogP) is 4.15. The number of fused-ring (bicyclic) bond motifs is 5. The maximum atomic E-state index is 12.6. The zero-order valence-electron chi connectivity index (χ0n) is 21.5. The van der Waals surface area contributed by atoms with Crippen molar-refractivity contribution >= 4 is 11.7 Å². The third-order valence-corrected chi connectivity index (χ3v) is 10.9. The molecule has 0 aromatic rings. The summed E-state index contributed by atoms with van der Waals surface area (Å²) in [7, 11) is 0. The molecule has 4 rings (SSSR count). The van der Waals surface area contributed by atoms with E-state index < -0.39 is 22.6 Å². The fourth-order valence-electron chi connectivity index (χ4n) is 9.16. The van der Waals surface area contributed by atoms with Crippen LogP contribution in [0.5, 0.6) is 0 Å². The second kappa shape index (κ2) is 9.31. The lowest BCUT2D eigenvalue weighted by molar-refractivity contribution is -0.183. The van der Waals surface area contributed by atoms with Crippen molar-refractivity contribution < 1.29 is 29.3 Å². The highest BCUT2D eigenvalue weighted by molar-refractivity contribution is 6.37. The molecule has 1 unspecified atom stereocenters. The van der Waals surface area contributed by atoms with Crippen LogP contribution in [0, 0.1) is 34.5 Å². The Hall–Kier alpha value is -1.27. The first kappa shape index (κ1) is 25.8. The number of carbonyl (C=O) groups excluding carboxylic acids is 1. The Kier molecular flexibility index (Phi) is 7.07. The van der Waals surface area contributed by atoms with E-state index in [4.69, 9.17) is 9.47 Å². The van der Waals surface area contributed by atoms with Gasteiger partial charge in [-0.3, -0.25) is 0 Å². The van der Waals surface area contributed by atoms with Gasteiger partial charge in [-0.05, 0) is 107 Å². The van der Waals surface area contributed by atoms with Crippen molar-refractivity contribution in [2.45, 2.75) is 103 Å². The highest BCUT2D eigenvalue weighted by Crippen LogP contribution is 2.69. The van der Waals surface area contributed by atoms with Crippen LogP contribution >= 0.6 is 0 Å². The molecule has 0 aliphatic heterocycles.